The van der Waals surface area contributed by atoms with Crippen molar-refractivity contribution in [3.8, 4) is 0 Å². The Morgan fingerprint density at radius 1 is 1.23 bits per heavy atom. The van der Waals surface area contributed by atoms with Crippen molar-refractivity contribution >= 4 is 5.78 Å². The lowest BCUT2D eigenvalue weighted by atomic mass is 9.88. The van der Waals surface area contributed by atoms with E-state index in [1.54, 1.807) is 12.3 Å². The third-order valence-corrected chi connectivity index (χ3v) is 5.36. The fourth-order valence-corrected chi connectivity index (χ4v) is 4.29. The molecule has 0 aromatic heterocycles. The largest absolute Gasteiger partial charge is 0.403 e. The van der Waals surface area contributed by atoms with Crippen LogP contribution in [-0.2, 0) is 11.3 Å². The zero-order valence-corrected chi connectivity index (χ0v) is 15.8. The quantitative estimate of drug-likeness (QED) is 0.890. The van der Waals surface area contributed by atoms with Gasteiger partial charge in [0.2, 0.25) is 0 Å². The molecule has 138 valence electrons. The Morgan fingerprint density at radius 2 is 2.00 bits per heavy atom. The number of piperidine rings is 1. The van der Waals surface area contributed by atoms with Crippen LogP contribution in [0.4, 0.5) is 0 Å². The number of nitrogens with zero attached hydrogens (tertiary/aromatic N) is 2. The molecular formula is C22H29N3O. The zero-order chi connectivity index (χ0) is 18.5. The minimum Gasteiger partial charge on any atom is -0.403 e. The molecule has 1 aromatic rings. The summed E-state index contributed by atoms with van der Waals surface area (Å²) in [6, 6.07) is 11.0. The second-order valence-corrected chi connectivity index (χ2v) is 6.81. The van der Waals surface area contributed by atoms with Gasteiger partial charge in [-0.25, -0.2) is 0 Å². The van der Waals surface area contributed by atoms with Crippen molar-refractivity contribution in [2.24, 2.45) is 11.7 Å². The Morgan fingerprint density at radius 3 is 2.73 bits per heavy atom. The molecule has 3 aliphatic rings. The van der Waals surface area contributed by atoms with Gasteiger partial charge in [-0.2, -0.15) is 0 Å². The summed E-state index contributed by atoms with van der Waals surface area (Å²) in [4.78, 5) is 16.8. The molecule has 3 heterocycles. The van der Waals surface area contributed by atoms with Crippen molar-refractivity contribution in [1.29, 1.82) is 0 Å². The van der Waals surface area contributed by atoms with Crippen molar-refractivity contribution in [3.05, 3.63) is 71.6 Å². The molecule has 0 spiro atoms. The van der Waals surface area contributed by atoms with E-state index in [1.807, 2.05) is 19.9 Å². The van der Waals surface area contributed by atoms with Gasteiger partial charge in [-0.15, -0.1) is 0 Å². The Hall–Kier alpha value is -2.33. The van der Waals surface area contributed by atoms with Crippen molar-refractivity contribution in [2.75, 3.05) is 19.6 Å². The number of hydrogen-bond donors (Lipinski definition) is 1. The van der Waals surface area contributed by atoms with Gasteiger partial charge in [0.1, 0.15) is 0 Å². The molecule has 4 rings (SSSR count). The predicted octanol–water partition coefficient (Wildman–Crippen LogP) is 3.08. The SMILES string of the molecule is CC.N/C=C1/C2=C\C=C/C(=O)CN1C1CCN(Cc3ccccc3)CC21. The van der Waals surface area contributed by atoms with Crippen molar-refractivity contribution < 1.29 is 4.79 Å². The van der Waals surface area contributed by atoms with E-state index in [1.165, 1.54) is 11.1 Å². The Balaban J connectivity index is 0.000000948. The maximum atomic E-state index is 12.0. The number of carbonyl (C=O) groups excluding carboxylic acids is 1. The number of benzene rings is 1. The van der Waals surface area contributed by atoms with Crippen LogP contribution in [0.25, 0.3) is 0 Å². The first-order valence-corrected chi connectivity index (χ1v) is 9.62. The Bertz CT molecular complexity index is 720. The minimum absolute atomic E-state index is 0.150. The first-order valence-electron chi connectivity index (χ1n) is 9.62. The van der Waals surface area contributed by atoms with E-state index in [0.717, 1.165) is 31.8 Å². The number of rotatable bonds is 2. The summed E-state index contributed by atoms with van der Waals surface area (Å²) in [7, 11) is 0. The molecule has 0 amide bonds. The second kappa shape index (κ2) is 8.37. The number of nitrogens with two attached hydrogens (primary N) is 1. The molecule has 4 nitrogen and oxygen atoms in total. The maximum absolute atomic E-state index is 12.0. The molecule has 26 heavy (non-hydrogen) atoms. The highest BCUT2D eigenvalue weighted by atomic mass is 16.1. The molecule has 2 atom stereocenters. The van der Waals surface area contributed by atoms with Crippen molar-refractivity contribution in [1.82, 2.24) is 9.80 Å². The number of hydrogen-bond acceptors (Lipinski definition) is 4. The smallest absolute Gasteiger partial charge is 0.174 e. The van der Waals surface area contributed by atoms with Crippen LogP contribution in [0, 0.1) is 5.92 Å². The molecule has 2 unspecified atom stereocenters. The van der Waals surface area contributed by atoms with E-state index in [4.69, 9.17) is 5.73 Å². The summed E-state index contributed by atoms with van der Waals surface area (Å²) in [5, 5.41) is 0. The van der Waals surface area contributed by atoms with Gasteiger partial charge in [-0.05, 0) is 23.6 Å². The molecule has 2 saturated heterocycles. The summed E-state index contributed by atoms with van der Waals surface area (Å²) in [6.07, 6.45) is 8.40. The maximum Gasteiger partial charge on any atom is 0.174 e. The summed E-state index contributed by atoms with van der Waals surface area (Å²) in [5.74, 6) is 0.574. The van der Waals surface area contributed by atoms with Crippen LogP contribution in [0.3, 0.4) is 0 Å². The van der Waals surface area contributed by atoms with Crippen LogP contribution in [0.15, 0.2) is 66.0 Å². The minimum atomic E-state index is 0.150. The van der Waals surface area contributed by atoms with Crippen LogP contribution in [0.1, 0.15) is 25.8 Å². The van der Waals surface area contributed by atoms with E-state index >= 15 is 0 Å². The van der Waals surface area contributed by atoms with Gasteiger partial charge in [0, 0.05) is 37.8 Å². The van der Waals surface area contributed by atoms with Gasteiger partial charge in [0.05, 0.1) is 12.2 Å². The molecule has 4 heteroatoms. The van der Waals surface area contributed by atoms with E-state index in [-0.39, 0.29) is 5.78 Å². The number of fused-ring (bicyclic) bond motifs is 5. The average molecular weight is 351 g/mol. The van der Waals surface area contributed by atoms with Gasteiger partial charge >= 0.3 is 0 Å². The predicted molar refractivity (Wildman–Crippen MR) is 106 cm³/mol. The van der Waals surface area contributed by atoms with Crippen LogP contribution in [0.5, 0.6) is 0 Å². The fraction of sp³-hybridized carbons (Fsp3) is 0.409. The Labute approximate surface area is 156 Å². The van der Waals surface area contributed by atoms with Gasteiger partial charge in [0.25, 0.3) is 0 Å². The Kier molecular flexibility index (Phi) is 5.94. The van der Waals surface area contributed by atoms with Gasteiger partial charge < -0.3 is 10.6 Å². The van der Waals surface area contributed by atoms with Crippen LogP contribution >= 0.6 is 0 Å². The van der Waals surface area contributed by atoms with E-state index in [0.29, 0.717) is 18.5 Å². The van der Waals surface area contributed by atoms with E-state index < -0.39 is 0 Å². The highest BCUT2D eigenvalue weighted by Gasteiger charge is 2.44. The molecule has 3 aliphatic heterocycles. The van der Waals surface area contributed by atoms with Gasteiger partial charge in [-0.3, -0.25) is 9.69 Å². The van der Waals surface area contributed by atoms with Crippen molar-refractivity contribution in [2.45, 2.75) is 32.9 Å². The molecule has 1 aromatic carbocycles. The third kappa shape index (κ3) is 3.61. The zero-order valence-electron chi connectivity index (χ0n) is 15.8. The van der Waals surface area contributed by atoms with E-state index in [9.17, 15) is 4.79 Å². The topological polar surface area (TPSA) is 49.6 Å². The number of allylic oxidation sites excluding steroid dienone is 3. The third-order valence-electron chi connectivity index (χ3n) is 5.36. The number of ketones is 1. The average Bonchev–Trinajstić information content (AvgIpc) is 2.98. The molecule has 0 saturated carbocycles. The standard InChI is InChI=1S/C20H23N3O.C2H6/c21-11-20-17-8-4-7-16(24)13-23(20)19-9-10-22(14-18(17)19)12-15-5-2-1-3-6-15;1-2/h1-8,11,18-19H,9-10,12-14,21H2;1-2H3/b7-4-,17-8-,20-11-;. The molecule has 2 fully saturated rings. The monoisotopic (exact) mass is 351 g/mol. The number of likely N-dealkylation sites (tertiary alicyclic amines) is 1. The van der Waals surface area contributed by atoms with Crippen LogP contribution in [0.2, 0.25) is 0 Å². The second-order valence-electron chi connectivity index (χ2n) is 6.81. The normalized spacial score (nSPS) is 29.8. The summed E-state index contributed by atoms with van der Waals surface area (Å²) >= 11 is 0. The lowest BCUT2D eigenvalue weighted by molar-refractivity contribution is -0.115. The highest BCUT2D eigenvalue weighted by molar-refractivity contribution is 5.92. The first-order chi connectivity index (χ1) is 12.8. The molecular weight excluding hydrogens is 322 g/mol. The summed E-state index contributed by atoms with van der Waals surface area (Å²) in [6.45, 7) is 7.49. The lowest BCUT2D eigenvalue weighted by Crippen LogP contribution is -2.46. The molecule has 0 aliphatic carbocycles. The molecule has 2 N–H and O–H groups in total. The lowest BCUT2D eigenvalue weighted by Gasteiger charge is -2.38. The fourth-order valence-electron chi connectivity index (χ4n) is 4.29. The summed E-state index contributed by atoms with van der Waals surface area (Å²) < 4.78 is 0. The number of carbonyl (C=O) groups is 1. The van der Waals surface area contributed by atoms with Crippen LogP contribution in [-0.4, -0.2) is 41.3 Å². The molecule has 0 radical (unpaired) electrons. The molecule has 2 bridgehead atoms. The van der Waals surface area contributed by atoms with Crippen molar-refractivity contribution in [3.63, 3.8) is 0 Å². The summed E-state index contributed by atoms with van der Waals surface area (Å²) in [5.41, 5.74) is 9.59. The highest BCUT2D eigenvalue weighted by Crippen LogP contribution is 2.42. The van der Waals surface area contributed by atoms with Gasteiger partial charge in [-0.1, -0.05) is 56.3 Å². The van der Waals surface area contributed by atoms with Gasteiger partial charge in [0.15, 0.2) is 5.78 Å². The van der Waals surface area contributed by atoms with E-state index in [2.05, 4.69) is 46.2 Å². The van der Waals surface area contributed by atoms with Crippen LogP contribution < -0.4 is 5.73 Å². The first kappa shape index (κ1) is 18.5.